The first kappa shape index (κ1) is 8.49. The van der Waals surface area contributed by atoms with E-state index in [9.17, 15) is 4.79 Å². The van der Waals surface area contributed by atoms with Crippen LogP contribution in [-0.2, 0) is 4.79 Å². The summed E-state index contributed by atoms with van der Waals surface area (Å²) in [5.74, 6) is 0.121. The molecule has 1 aliphatic heterocycles. The molecule has 1 heterocycles. The second-order valence-corrected chi connectivity index (χ2v) is 2.77. The van der Waals surface area contributed by atoms with E-state index in [4.69, 9.17) is 5.73 Å². The number of carbonyl (C=O) groups is 1. The molecular weight excluding hydrogens is 142 g/mol. The molecule has 0 bridgehead atoms. The van der Waals surface area contributed by atoms with Gasteiger partial charge in [0.2, 0.25) is 5.91 Å². The maximum Gasteiger partial charge on any atom is 0.234 e. The molecule has 3 N–H and O–H groups in total. The molecular formula is C7H15N3O. The Hall–Kier alpha value is -0.610. The van der Waals surface area contributed by atoms with Gasteiger partial charge in [0.25, 0.3) is 0 Å². The van der Waals surface area contributed by atoms with Crippen LogP contribution in [0.3, 0.4) is 0 Å². The predicted molar refractivity (Wildman–Crippen MR) is 43.1 cm³/mol. The highest BCUT2D eigenvalue weighted by atomic mass is 16.2. The van der Waals surface area contributed by atoms with Crippen molar-refractivity contribution in [2.75, 3.05) is 32.7 Å². The quantitative estimate of drug-likeness (QED) is 0.527. The minimum atomic E-state index is 0.121. The first-order chi connectivity index (χ1) is 5.33. The summed E-state index contributed by atoms with van der Waals surface area (Å²) in [6, 6.07) is 0. The Morgan fingerprint density at radius 1 is 1.64 bits per heavy atom. The van der Waals surface area contributed by atoms with Crippen molar-refractivity contribution in [2.45, 2.75) is 6.42 Å². The van der Waals surface area contributed by atoms with Gasteiger partial charge in [0.1, 0.15) is 0 Å². The normalized spacial score (nSPS) is 21.0. The molecule has 4 heteroatoms. The maximum atomic E-state index is 11.0. The van der Waals surface area contributed by atoms with Crippen LogP contribution in [0, 0.1) is 0 Å². The summed E-state index contributed by atoms with van der Waals surface area (Å²) >= 11 is 0. The molecule has 0 aromatic heterocycles. The fourth-order valence-electron chi connectivity index (χ4n) is 1.24. The van der Waals surface area contributed by atoms with Gasteiger partial charge in [-0.2, -0.15) is 0 Å². The Labute approximate surface area is 66.7 Å². The van der Waals surface area contributed by atoms with Crippen LogP contribution in [0.1, 0.15) is 6.42 Å². The lowest BCUT2D eigenvalue weighted by molar-refractivity contribution is -0.121. The van der Waals surface area contributed by atoms with Gasteiger partial charge in [-0.05, 0) is 6.42 Å². The first-order valence-electron chi connectivity index (χ1n) is 4.02. The van der Waals surface area contributed by atoms with Gasteiger partial charge >= 0.3 is 0 Å². The van der Waals surface area contributed by atoms with Gasteiger partial charge in [-0.3, -0.25) is 9.69 Å². The average molecular weight is 157 g/mol. The van der Waals surface area contributed by atoms with E-state index in [0.29, 0.717) is 13.1 Å². The van der Waals surface area contributed by atoms with E-state index in [-0.39, 0.29) is 5.91 Å². The van der Waals surface area contributed by atoms with Crippen molar-refractivity contribution in [3.05, 3.63) is 0 Å². The molecule has 0 radical (unpaired) electrons. The third-order valence-corrected chi connectivity index (χ3v) is 1.79. The smallest absolute Gasteiger partial charge is 0.234 e. The zero-order valence-corrected chi connectivity index (χ0v) is 6.68. The predicted octanol–water partition coefficient (Wildman–Crippen LogP) is -1.23. The Morgan fingerprint density at radius 2 is 2.45 bits per heavy atom. The summed E-state index contributed by atoms with van der Waals surface area (Å²) in [4.78, 5) is 13.1. The number of hydrogen-bond donors (Lipinski definition) is 2. The molecule has 1 amide bonds. The Bertz CT molecular complexity index is 138. The fourth-order valence-corrected chi connectivity index (χ4v) is 1.24. The fraction of sp³-hybridized carbons (Fsp3) is 0.857. The number of carbonyl (C=O) groups excluding carboxylic acids is 1. The van der Waals surface area contributed by atoms with E-state index in [1.54, 1.807) is 0 Å². The number of nitrogens with two attached hydrogens (primary N) is 1. The number of nitrogens with zero attached hydrogens (tertiary/aromatic N) is 1. The van der Waals surface area contributed by atoms with Crippen LogP contribution >= 0.6 is 0 Å². The van der Waals surface area contributed by atoms with Crippen LogP contribution in [0.15, 0.2) is 0 Å². The van der Waals surface area contributed by atoms with Gasteiger partial charge < -0.3 is 11.1 Å². The molecule has 64 valence electrons. The molecule has 4 nitrogen and oxygen atoms in total. The van der Waals surface area contributed by atoms with Crippen molar-refractivity contribution in [2.24, 2.45) is 5.73 Å². The van der Waals surface area contributed by atoms with Gasteiger partial charge in [0.15, 0.2) is 0 Å². The molecule has 0 aromatic rings. The topological polar surface area (TPSA) is 58.4 Å². The highest BCUT2D eigenvalue weighted by Gasteiger charge is 2.12. The van der Waals surface area contributed by atoms with Crippen LogP contribution in [-0.4, -0.2) is 43.5 Å². The number of amides is 1. The number of hydrogen-bond acceptors (Lipinski definition) is 3. The third-order valence-electron chi connectivity index (χ3n) is 1.79. The average Bonchev–Trinajstić information content (AvgIpc) is 2.15. The second kappa shape index (κ2) is 4.31. The molecule has 11 heavy (non-hydrogen) atoms. The van der Waals surface area contributed by atoms with E-state index in [0.717, 1.165) is 26.1 Å². The Morgan fingerprint density at radius 3 is 3.18 bits per heavy atom. The van der Waals surface area contributed by atoms with Crippen molar-refractivity contribution in [1.82, 2.24) is 10.2 Å². The van der Waals surface area contributed by atoms with Crippen LogP contribution < -0.4 is 11.1 Å². The van der Waals surface area contributed by atoms with Crippen LogP contribution in [0.2, 0.25) is 0 Å². The van der Waals surface area contributed by atoms with Gasteiger partial charge in [-0.25, -0.2) is 0 Å². The lowest BCUT2D eigenvalue weighted by Crippen LogP contribution is -2.35. The Balaban J connectivity index is 2.33. The van der Waals surface area contributed by atoms with E-state index in [1.807, 2.05) is 0 Å². The van der Waals surface area contributed by atoms with E-state index < -0.39 is 0 Å². The van der Waals surface area contributed by atoms with Crippen LogP contribution in [0.4, 0.5) is 0 Å². The maximum absolute atomic E-state index is 11.0. The molecule has 0 atom stereocenters. The Kier molecular flexibility index (Phi) is 3.32. The van der Waals surface area contributed by atoms with Crippen molar-refractivity contribution in [1.29, 1.82) is 0 Å². The van der Waals surface area contributed by atoms with E-state index >= 15 is 0 Å². The molecule has 0 aromatic carbocycles. The largest absolute Gasteiger partial charge is 0.355 e. The first-order valence-corrected chi connectivity index (χ1v) is 4.02. The minimum Gasteiger partial charge on any atom is -0.355 e. The molecule has 0 aliphatic carbocycles. The summed E-state index contributed by atoms with van der Waals surface area (Å²) in [7, 11) is 0. The van der Waals surface area contributed by atoms with Crippen molar-refractivity contribution < 1.29 is 4.79 Å². The SMILES string of the molecule is NCCN1CCCNC(=O)C1. The number of nitrogens with one attached hydrogen (secondary N) is 1. The molecule has 1 fully saturated rings. The molecule has 0 spiro atoms. The highest BCUT2D eigenvalue weighted by Crippen LogP contribution is 1.93. The van der Waals surface area contributed by atoms with Gasteiger partial charge in [-0.15, -0.1) is 0 Å². The summed E-state index contributed by atoms with van der Waals surface area (Å²) in [5.41, 5.74) is 5.38. The molecule has 0 saturated carbocycles. The van der Waals surface area contributed by atoms with Gasteiger partial charge in [0, 0.05) is 26.2 Å². The summed E-state index contributed by atoms with van der Waals surface area (Å²) in [6.07, 6.45) is 1.03. The lowest BCUT2D eigenvalue weighted by atomic mass is 10.4. The third kappa shape index (κ3) is 2.86. The van der Waals surface area contributed by atoms with Gasteiger partial charge in [0.05, 0.1) is 6.54 Å². The van der Waals surface area contributed by atoms with Crippen molar-refractivity contribution >= 4 is 5.91 Å². The minimum absolute atomic E-state index is 0.121. The molecule has 1 aliphatic rings. The lowest BCUT2D eigenvalue weighted by Gasteiger charge is -2.16. The van der Waals surface area contributed by atoms with E-state index in [2.05, 4.69) is 10.2 Å². The van der Waals surface area contributed by atoms with Crippen molar-refractivity contribution in [3.8, 4) is 0 Å². The van der Waals surface area contributed by atoms with Crippen LogP contribution in [0.25, 0.3) is 0 Å². The molecule has 1 rings (SSSR count). The highest BCUT2D eigenvalue weighted by molar-refractivity contribution is 5.78. The number of rotatable bonds is 2. The summed E-state index contributed by atoms with van der Waals surface area (Å²) in [5, 5.41) is 2.81. The van der Waals surface area contributed by atoms with E-state index in [1.165, 1.54) is 0 Å². The standard InChI is InChI=1S/C7H15N3O/c8-2-5-10-4-1-3-9-7(11)6-10/h1-6,8H2,(H,9,11). The van der Waals surface area contributed by atoms with Crippen LogP contribution in [0.5, 0.6) is 0 Å². The second-order valence-electron chi connectivity index (χ2n) is 2.77. The van der Waals surface area contributed by atoms with Gasteiger partial charge in [-0.1, -0.05) is 0 Å². The summed E-state index contributed by atoms with van der Waals surface area (Å²) in [6.45, 7) is 3.76. The zero-order valence-electron chi connectivity index (χ0n) is 6.68. The monoisotopic (exact) mass is 157 g/mol. The molecule has 0 unspecified atom stereocenters. The molecule has 1 saturated heterocycles. The summed E-state index contributed by atoms with van der Waals surface area (Å²) < 4.78 is 0. The zero-order chi connectivity index (χ0) is 8.10. The van der Waals surface area contributed by atoms with Crippen molar-refractivity contribution in [3.63, 3.8) is 0 Å².